The summed E-state index contributed by atoms with van der Waals surface area (Å²) in [5, 5.41) is 1.67. The molecule has 0 aromatic heterocycles. The van der Waals surface area contributed by atoms with Gasteiger partial charge in [0.25, 0.3) is 0 Å². The normalized spacial score (nSPS) is 22.6. The summed E-state index contributed by atoms with van der Waals surface area (Å²) in [7, 11) is 3.35. The summed E-state index contributed by atoms with van der Waals surface area (Å²) in [6.07, 6.45) is 5.78. The van der Waals surface area contributed by atoms with Gasteiger partial charge >= 0.3 is 5.17 Å². The van der Waals surface area contributed by atoms with E-state index in [1.807, 2.05) is 11.8 Å². The topological polar surface area (TPSA) is 80.0 Å². The molecule has 1 aliphatic rings. The summed E-state index contributed by atoms with van der Waals surface area (Å²) in [4.78, 5) is 6.52. The SMILES string of the molecule is CSCC[NH+]=C(N)SSCCC(N)=[NH+]CCSC1CCC1C. The second kappa shape index (κ2) is 12.7. The second-order valence-corrected chi connectivity index (χ2v) is 10.1. The van der Waals surface area contributed by atoms with Gasteiger partial charge in [0.2, 0.25) is 5.84 Å². The van der Waals surface area contributed by atoms with Crippen LogP contribution in [0.2, 0.25) is 0 Å². The molecule has 0 heterocycles. The first-order valence-electron chi connectivity index (χ1n) is 7.75. The van der Waals surface area contributed by atoms with Gasteiger partial charge in [-0.3, -0.25) is 21.5 Å². The Balaban J connectivity index is 1.98. The van der Waals surface area contributed by atoms with E-state index in [1.165, 1.54) is 12.8 Å². The van der Waals surface area contributed by atoms with E-state index in [4.69, 9.17) is 11.5 Å². The van der Waals surface area contributed by atoms with Crippen molar-refractivity contribution in [1.82, 2.24) is 0 Å². The molecule has 2 unspecified atom stereocenters. The maximum atomic E-state index is 6.00. The molecular weight excluding hydrogens is 352 g/mol. The van der Waals surface area contributed by atoms with E-state index in [9.17, 15) is 0 Å². The first kappa shape index (κ1) is 20.4. The second-order valence-electron chi connectivity index (χ2n) is 5.36. The zero-order valence-corrected chi connectivity index (χ0v) is 16.9. The van der Waals surface area contributed by atoms with Crippen LogP contribution in [0.25, 0.3) is 0 Å². The Bertz CT molecular complexity index is 363. The number of thioether (sulfide) groups is 2. The Morgan fingerprint density at radius 2 is 1.86 bits per heavy atom. The summed E-state index contributed by atoms with van der Waals surface area (Å²) in [5.41, 5.74) is 11.9. The summed E-state index contributed by atoms with van der Waals surface area (Å²) in [6.45, 7) is 4.25. The molecule has 128 valence electrons. The summed E-state index contributed by atoms with van der Waals surface area (Å²) in [5.74, 6) is 5.00. The van der Waals surface area contributed by atoms with E-state index in [0.717, 1.165) is 58.9 Å². The molecule has 0 aromatic carbocycles. The van der Waals surface area contributed by atoms with Crippen molar-refractivity contribution in [2.24, 2.45) is 17.4 Å². The Kier molecular flexibility index (Phi) is 11.8. The molecular formula is C14H30N4S4+2. The van der Waals surface area contributed by atoms with Crippen LogP contribution in [0.3, 0.4) is 0 Å². The van der Waals surface area contributed by atoms with E-state index in [1.54, 1.807) is 21.6 Å². The fourth-order valence-corrected chi connectivity index (χ4v) is 5.28. The zero-order valence-electron chi connectivity index (χ0n) is 13.6. The van der Waals surface area contributed by atoms with Gasteiger partial charge in [-0.25, -0.2) is 0 Å². The average molecular weight is 383 g/mol. The highest BCUT2D eigenvalue weighted by Crippen LogP contribution is 2.36. The van der Waals surface area contributed by atoms with Gasteiger partial charge < -0.3 is 0 Å². The van der Waals surface area contributed by atoms with Crippen LogP contribution in [0, 0.1) is 5.92 Å². The molecule has 1 rings (SSSR count). The van der Waals surface area contributed by atoms with Crippen molar-refractivity contribution in [3.63, 3.8) is 0 Å². The number of nitrogens with one attached hydrogen (secondary N) is 2. The molecule has 1 fully saturated rings. The monoisotopic (exact) mass is 382 g/mol. The minimum Gasteiger partial charge on any atom is -0.291 e. The highest BCUT2D eigenvalue weighted by molar-refractivity contribution is 8.82. The summed E-state index contributed by atoms with van der Waals surface area (Å²) < 4.78 is 0. The highest BCUT2D eigenvalue weighted by atomic mass is 33.1. The predicted molar refractivity (Wildman–Crippen MR) is 108 cm³/mol. The number of rotatable bonds is 11. The van der Waals surface area contributed by atoms with Gasteiger partial charge in [-0.05, 0) is 25.0 Å². The Morgan fingerprint density at radius 1 is 1.09 bits per heavy atom. The lowest BCUT2D eigenvalue weighted by Gasteiger charge is -2.32. The van der Waals surface area contributed by atoms with Crippen molar-refractivity contribution in [3.8, 4) is 0 Å². The van der Waals surface area contributed by atoms with Crippen LogP contribution < -0.4 is 21.5 Å². The number of amidine groups is 2. The van der Waals surface area contributed by atoms with Gasteiger partial charge in [0.05, 0.1) is 19.5 Å². The van der Waals surface area contributed by atoms with Crippen molar-refractivity contribution in [1.29, 1.82) is 0 Å². The van der Waals surface area contributed by atoms with Gasteiger partial charge in [0.15, 0.2) is 0 Å². The van der Waals surface area contributed by atoms with Gasteiger partial charge in [0, 0.05) is 33.3 Å². The minimum atomic E-state index is 0.789. The van der Waals surface area contributed by atoms with Crippen LogP contribution in [0.15, 0.2) is 0 Å². The lowest BCUT2D eigenvalue weighted by atomic mass is 9.87. The molecule has 0 aromatic rings. The van der Waals surface area contributed by atoms with Gasteiger partial charge in [-0.1, -0.05) is 17.7 Å². The molecule has 0 spiro atoms. The molecule has 2 atom stereocenters. The van der Waals surface area contributed by atoms with Crippen molar-refractivity contribution in [3.05, 3.63) is 0 Å². The Labute approximate surface area is 151 Å². The average Bonchev–Trinajstić information content (AvgIpc) is 2.50. The van der Waals surface area contributed by atoms with Gasteiger partial charge in [0.1, 0.15) is 0 Å². The quantitative estimate of drug-likeness (QED) is 0.167. The first-order valence-corrected chi connectivity index (χ1v) is 12.5. The standard InChI is InChI=1S/C14H28N4S4/c1-11-3-4-12(11)20-10-7-17-13(15)5-8-21-22-14(16)18-6-9-19-2/h11-12H,3-10H2,1-2H3,(H2,15,17)(H2,16,18)/p+2. The largest absolute Gasteiger partial charge is 0.312 e. The molecule has 8 heteroatoms. The van der Waals surface area contributed by atoms with Crippen molar-refractivity contribution in [2.75, 3.05) is 36.6 Å². The molecule has 22 heavy (non-hydrogen) atoms. The smallest absolute Gasteiger partial charge is 0.291 e. The molecule has 0 aliphatic heterocycles. The van der Waals surface area contributed by atoms with Crippen LogP contribution in [0.4, 0.5) is 0 Å². The molecule has 0 amide bonds. The summed E-state index contributed by atoms with van der Waals surface area (Å²) >= 11 is 3.90. The van der Waals surface area contributed by atoms with E-state index in [2.05, 4.69) is 34.9 Å². The highest BCUT2D eigenvalue weighted by Gasteiger charge is 2.26. The van der Waals surface area contributed by atoms with E-state index < -0.39 is 0 Å². The third-order valence-electron chi connectivity index (χ3n) is 3.54. The van der Waals surface area contributed by atoms with E-state index in [0.29, 0.717) is 0 Å². The molecule has 1 aliphatic carbocycles. The maximum Gasteiger partial charge on any atom is 0.312 e. The molecule has 0 bridgehead atoms. The lowest BCUT2D eigenvalue weighted by molar-refractivity contribution is -0.453. The number of hydrogen-bond acceptors (Lipinski definition) is 4. The Morgan fingerprint density at radius 3 is 2.50 bits per heavy atom. The zero-order chi connectivity index (χ0) is 16.2. The summed E-state index contributed by atoms with van der Waals surface area (Å²) in [6, 6.07) is 0. The third kappa shape index (κ3) is 9.47. The number of nitrogens with two attached hydrogens (primary N) is 2. The van der Waals surface area contributed by atoms with Gasteiger partial charge in [-0.2, -0.15) is 23.5 Å². The fourth-order valence-electron chi connectivity index (χ4n) is 1.96. The van der Waals surface area contributed by atoms with Crippen LogP contribution in [-0.2, 0) is 0 Å². The maximum absolute atomic E-state index is 6.00. The van der Waals surface area contributed by atoms with Crippen molar-refractivity contribution < 1.29 is 9.98 Å². The van der Waals surface area contributed by atoms with Crippen LogP contribution in [-0.4, -0.2) is 52.9 Å². The Hall–Kier alpha value is 0.340. The van der Waals surface area contributed by atoms with Crippen molar-refractivity contribution in [2.45, 2.75) is 31.4 Å². The van der Waals surface area contributed by atoms with Gasteiger partial charge in [-0.15, -0.1) is 0 Å². The molecule has 0 radical (unpaired) electrons. The molecule has 6 N–H and O–H groups in total. The minimum absolute atomic E-state index is 0.789. The fraction of sp³-hybridized carbons (Fsp3) is 0.857. The molecule has 4 nitrogen and oxygen atoms in total. The van der Waals surface area contributed by atoms with E-state index in [-0.39, 0.29) is 0 Å². The van der Waals surface area contributed by atoms with Crippen LogP contribution >= 0.6 is 45.1 Å². The van der Waals surface area contributed by atoms with Crippen molar-refractivity contribution >= 4 is 56.1 Å². The third-order valence-corrected chi connectivity index (χ3v) is 7.92. The van der Waals surface area contributed by atoms with Crippen LogP contribution in [0.1, 0.15) is 26.2 Å². The van der Waals surface area contributed by atoms with Crippen LogP contribution in [0.5, 0.6) is 0 Å². The first-order chi connectivity index (χ1) is 10.6. The molecule has 1 saturated carbocycles. The molecule has 0 saturated heterocycles. The predicted octanol–water partition coefficient (Wildman–Crippen LogP) is -0.514. The number of hydrogen-bond donors (Lipinski definition) is 4. The van der Waals surface area contributed by atoms with E-state index >= 15 is 0 Å². The lowest BCUT2D eigenvalue weighted by Crippen LogP contribution is -2.76.